The van der Waals surface area contributed by atoms with E-state index in [1.807, 2.05) is 6.92 Å². The normalized spacial score (nSPS) is 13.7. The number of hydrogen-bond acceptors (Lipinski definition) is 5. The van der Waals surface area contributed by atoms with Gasteiger partial charge in [-0.2, -0.15) is 0 Å². The van der Waals surface area contributed by atoms with E-state index < -0.39 is 17.6 Å². The van der Waals surface area contributed by atoms with Gasteiger partial charge in [-0.3, -0.25) is 9.59 Å². The zero-order valence-corrected chi connectivity index (χ0v) is 18.5. The van der Waals surface area contributed by atoms with Gasteiger partial charge in [-0.1, -0.05) is 47.6 Å². The smallest absolute Gasteiger partial charge is 0.283 e. The van der Waals surface area contributed by atoms with Gasteiger partial charge in [-0.25, -0.2) is 9.29 Å². The van der Waals surface area contributed by atoms with Crippen LogP contribution in [-0.4, -0.2) is 18.4 Å². The number of halogens is 2. The zero-order chi connectivity index (χ0) is 22.7. The second kappa shape index (κ2) is 9.46. The Bertz CT molecular complexity index is 1210. The summed E-state index contributed by atoms with van der Waals surface area (Å²) in [5.41, 5.74) is 0.465. The minimum Gasteiger partial charge on any atom is -0.492 e. The molecule has 0 radical (unpaired) electrons. The zero-order valence-electron chi connectivity index (χ0n) is 17.0. The summed E-state index contributed by atoms with van der Waals surface area (Å²) in [5.74, 6) is -1.40. The number of ether oxygens (including phenoxy) is 1. The van der Waals surface area contributed by atoms with Gasteiger partial charge in [0.25, 0.3) is 11.8 Å². The van der Waals surface area contributed by atoms with E-state index in [4.69, 9.17) is 16.3 Å². The van der Waals surface area contributed by atoms with Gasteiger partial charge in [0.15, 0.2) is 0 Å². The van der Waals surface area contributed by atoms with E-state index in [9.17, 15) is 14.0 Å². The summed E-state index contributed by atoms with van der Waals surface area (Å²) in [7, 11) is 0. The van der Waals surface area contributed by atoms with Crippen LogP contribution >= 0.6 is 23.4 Å². The molecule has 0 saturated carbocycles. The van der Waals surface area contributed by atoms with Crippen LogP contribution in [0.3, 0.4) is 0 Å². The first-order chi connectivity index (χ1) is 15.5. The predicted molar refractivity (Wildman–Crippen MR) is 124 cm³/mol. The molecular formula is C24H18ClFN2O3S. The highest BCUT2D eigenvalue weighted by atomic mass is 35.5. The lowest BCUT2D eigenvalue weighted by molar-refractivity contribution is -0.120. The Hall–Kier alpha value is -3.29. The van der Waals surface area contributed by atoms with Crippen molar-refractivity contribution in [3.05, 3.63) is 94.2 Å². The number of anilines is 2. The highest BCUT2D eigenvalue weighted by molar-refractivity contribution is 8.04. The SMILES string of the molecule is CCOc1ccccc1NC1=C(Sc2ccc(Cl)cc2)C(=O)N(c2ccccc2F)C1=O. The van der Waals surface area contributed by atoms with Crippen molar-refractivity contribution in [1.29, 1.82) is 0 Å². The minimum absolute atomic E-state index is 0.0466. The van der Waals surface area contributed by atoms with Gasteiger partial charge in [0.2, 0.25) is 0 Å². The minimum atomic E-state index is -0.666. The number of benzene rings is 3. The Balaban J connectivity index is 1.77. The summed E-state index contributed by atoms with van der Waals surface area (Å²) in [4.78, 5) is 28.4. The van der Waals surface area contributed by atoms with Crippen LogP contribution in [0.5, 0.6) is 5.75 Å². The second-order valence-corrected chi connectivity index (χ2v) is 8.23. The molecule has 0 fully saturated rings. The second-order valence-electron chi connectivity index (χ2n) is 6.71. The molecule has 3 aromatic carbocycles. The Kier molecular flexibility index (Phi) is 6.48. The molecule has 4 rings (SSSR count). The van der Waals surface area contributed by atoms with Crippen LogP contribution < -0.4 is 15.0 Å². The molecule has 0 unspecified atom stereocenters. The Morgan fingerprint density at radius 1 is 0.969 bits per heavy atom. The number of nitrogens with one attached hydrogen (secondary N) is 1. The maximum Gasteiger partial charge on any atom is 0.283 e. The molecule has 0 saturated heterocycles. The first-order valence-corrected chi connectivity index (χ1v) is 11.0. The Morgan fingerprint density at radius 2 is 1.66 bits per heavy atom. The molecule has 2 amide bonds. The fraction of sp³-hybridized carbons (Fsp3) is 0.0833. The van der Waals surface area contributed by atoms with Crippen molar-refractivity contribution < 1.29 is 18.7 Å². The van der Waals surface area contributed by atoms with Crippen LogP contribution in [0.2, 0.25) is 5.02 Å². The third kappa shape index (κ3) is 4.35. The number of hydrogen-bond donors (Lipinski definition) is 1. The van der Waals surface area contributed by atoms with Crippen molar-refractivity contribution in [3.8, 4) is 5.75 Å². The van der Waals surface area contributed by atoms with Crippen molar-refractivity contribution >= 4 is 46.6 Å². The van der Waals surface area contributed by atoms with Crippen molar-refractivity contribution in [3.63, 3.8) is 0 Å². The van der Waals surface area contributed by atoms with E-state index in [1.165, 1.54) is 18.2 Å². The molecular weight excluding hydrogens is 451 g/mol. The molecule has 162 valence electrons. The first kappa shape index (κ1) is 21.9. The average Bonchev–Trinajstić information content (AvgIpc) is 3.01. The maximum atomic E-state index is 14.5. The molecule has 0 aliphatic carbocycles. The van der Waals surface area contributed by atoms with Gasteiger partial charge in [0.1, 0.15) is 22.2 Å². The highest BCUT2D eigenvalue weighted by Gasteiger charge is 2.41. The summed E-state index contributed by atoms with van der Waals surface area (Å²) in [6.07, 6.45) is 0. The number of nitrogens with zero attached hydrogens (tertiary/aromatic N) is 1. The van der Waals surface area contributed by atoms with Crippen molar-refractivity contribution in [2.75, 3.05) is 16.8 Å². The number of imide groups is 1. The lowest BCUT2D eigenvalue weighted by atomic mass is 10.2. The molecule has 32 heavy (non-hydrogen) atoms. The number of carbonyl (C=O) groups is 2. The van der Waals surface area contributed by atoms with Gasteiger partial charge in [-0.05, 0) is 55.5 Å². The summed E-state index contributed by atoms with van der Waals surface area (Å²) in [5, 5.41) is 3.60. The molecule has 3 aromatic rings. The quantitative estimate of drug-likeness (QED) is 0.440. The highest BCUT2D eigenvalue weighted by Crippen LogP contribution is 2.39. The Labute approximate surface area is 193 Å². The molecule has 0 aromatic heterocycles. The van der Waals surface area contributed by atoms with E-state index in [0.717, 1.165) is 16.7 Å². The molecule has 5 nitrogen and oxygen atoms in total. The molecule has 1 aliphatic heterocycles. The number of amides is 2. The topological polar surface area (TPSA) is 58.6 Å². The van der Waals surface area contributed by atoms with Gasteiger partial charge < -0.3 is 10.1 Å². The molecule has 0 atom stereocenters. The lowest BCUT2D eigenvalue weighted by Crippen LogP contribution is -2.33. The van der Waals surface area contributed by atoms with E-state index in [2.05, 4.69) is 5.32 Å². The summed E-state index contributed by atoms with van der Waals surface area (Å²) in [6.45, 7) is 2.28. The van der Waals surface area contributed by atoms with Crippen LogP contribution in [0.25, 0.3) is 0 Å². The van der Waals surface area contributed by atoms with Gasteiger partial charge >= 0.3 is 0 Å². The molecule has 8 heteroatoms. The summed E-state index contributed by atoms with van der Waals surface area (Å²) >= 11 is 7.07. The van der Waals surface area contributed by atoms with Crippen LogP contribution in [-0.2, 0) is 9.59 Å². The molecule has 0 spiro atoms. The van der Waals surface area contributed by atoms with E-state index >= 15 is 0 Å². The van der Waals surface area contributed by atoms with Crippen LogP contribution in [0, 0.1) is 5.82 Å². The fourth-order valence-electron chi connectivity index (χ4n) is 3.17. The summed E-state index contributed by atoms with van der Waals surface area (Å²) in [6, 6.07) is 19.6. The monoisotopic (exact) mass is 468 g/mol. The maximum absolute atomic E-state index is 14.5. The lowest BCUT2D eigenvalue weighted by Gasteiger charge is -2.16. The van der Waals surface area contributed by atoms with Crippen LogP contribution in [0.15, 0.2) is 88.3 Å². The molecule has 1 heterocycles. The largest absolute Gasteiger partial charge is 0.492 e. The van der Waals surface area contributed by atoms with Gasteiger partial charge in [-0.15, -0.1) is 0 Å². The molecule has 0 bridgehead atoms. The van der Waals surface area contributed by atoms with Gasteiger partial charge in [0, 0.05) is 9.92 Å². The van der Waals surface area contributed by atoms with Crippen LogP contribution in [0.4, 0.5) is 15.8 Å². The fourth-order valence-corrected chi connectivity index (χ4v) is 4.23. The number of rotatable bonds is 7. The molecule has 1 N–H and O–H groups in total. The van der Waals surface area contributed by atoms with E-state index in [-0.39, 0.29) is 16.3 Å². The van der Waals surface area contributed by atoms with Crippen molar-refractivity contribution in [2.45, 2.75) is 11.8 Å². The molecule has 1 aliphatic rings. The van der Waals surface area contributed by atoms with E-state index in [0.29, 0.717) is 28.0 Å². The number of thioether (sulfide) groups is 1. The average molecular weight is 469 g/mol. The first-order valence-electron chi connectivity index (χ1n) is 9.79. The third-order valence-corrected chi connectivity index (χ3v) is 5.96. The number of carbonyl (C=O) groups excluding carboxylic acids is 2. The third-order valence-electron chi connectivity index (χ3n) is 4.61. The van der Waals surface area contributed by atoms with Crippen molar-refractivity contribution in [2.24, 2.45) is 0 Å². The Morgan fingerprint density at radius 3 is 2.38 bits per heavy atom. The predicted octanol–water partition coefficient (Wildman–Crippen LogP) is 5.87. The van der Waals surface area contributed by atoms with Gasteiger partial charge in [0.05, 0.1) is 18.0 Å². The van der Waals surface area contributed by atoms with Crippen LogP contribution in [0.1, 0.15) is 6.92 Å². The summed E-state index contributed by atoms with van der Waals surface area (Å²) < 4.78 is 20.1. The van der Waals surface area contributed by atoms with Crippen molar-refractivity contribution in [1.82, 2.24) is 0 Å². The number of para-hydroxylation sites is 3. The standard InChI is InChI=1S/C24H18ClFN2O3S/c1-2-31-20-10-6-4-8-18(20)27-21-22(32-16-13-11-15(25)12-14-16)24(30)28(23(21)29)19-9-5-3-7-17(19)26/h3-14,27H,2H2,1H3. The van der Waals surface area contributed by atoms with E-state index in [1.54, 1.807) is 54.6 Å².